The fourth-order valence-corrected chi connectivity index (χ4v) is 3.15. The topological polar surface area (TPSA) is 92.8 Å². The minimum Gasteiger partial charge on any atom is -0.456 e. The number of esters is 1. The summed E-state index contributed by atoms with van der Waals surface area (Å²) in [7, 11) is 0. The Morgan fingerprint density at radius 1 is 1.03 bits per heavy atom. The molecule has 0 atom stereocenters. The Bertz CT molecular complexity index is 954. The van der Waals surface area contributed by atoms with Crippen LogP contribution in [0.15, 0.2) is 42.5 Å². The number of benzene rings is 2. The van der Waals surface area contributed by atoms with Crippen molar-refractivity contribution in [3.63, 3.8) is 0 Å². The summed E-state index contributed by atoms with van der Waals surface area (Å²) in [6.45, 7) is 1.44. The zero-order chi connectivity index (χ0) is 21.0. The highest BCUT2D eigenvalue weighted by Crippen LogP contribution is 2.23. The molecule has 0 bridgehead atoms. The molecule has 7 nitrogen and oxygen atoms in total. The van der Waals surface area contributed by atoms with Gasteiger partial charge in [-0.3, -0.25) is 24.1 Å². The Morgan fingerprint density at radius 3 is 2.34 bits per heavy atom. The summed E-state index contributed by atoms with van der Waals surface area (Å²) in [6, 6.07) is 11.7. The Morgan fingerprint density at radius 2 is 1.69 bits per heavy atom. The molecule has 2 aromatic rings. The molecule has 0 unspecified atom stereocenters. The average molecular weight is 415 g/mol. The first-order valence-corrected chi connectivity index (χ1v) is 9.42. The van der Waals surface area contributed by atoms with Crippen LogP contribution < -0.4 is 5.32 Å². The van der Waals surface area contributed by atoms with E-state index in [1.54, 1.807) is 49.4 Å². The largest absolute Gasteiger partial charge is 0.456 e. The highest BCUT2D eigenvalue weighted by atomic mass is 35.5. The maximum atomic E-state index is 12.2. The summed E-state index contributed by atoms with van der Waals surface area (Å²) >= 11 is 6.00. The van der Waals surface area contributed by atoms with Crippen molar-refractivity contribution in [2.75, 3.05) is 18.5 Å². The van der Waals surface area contributed by atoms with E-state index in [0.717, 1.165) is 10.5 Å². The van der Waals surface area contributed by atoms with Crippen LogP contribution in [0.2, 0.25) is 5.02 Å². The number of fused-ring (bicyclic) bond motifs is 1. The zero-order valence-corrected chi connectivity index (χ0v) is 16.5. The molecule has 1 aliphatic rings. The lowest BCUT2D eigenvalue weighted by Gasteiger charge is -2.13. The van der Waals surface area contributed by atoms with Gasteiger partial charge in [-0.1, -0.05) is 29.8 Å². The third-order valence-electron chi connectivity index (χ3n) is 4.55. The molecule has 1 heterocycles. The number of ether oxygens (including phenoxy) is 1. The minimum absolute atomic E-state index is 0.0170. The highest BCUT2D eigenvalue weighted by Gasteiger charge is 2.34. The summed E-state index contributed by atoms with van der Waals surface area (Å²) in [6.07, 6.45) is 0.232. The lowest BCUT2D eigenvalue weighted by atomic mass is 10.1. The van der Waals surface area contributed by atoms with Crippen LogP contribution in [0.4, 0.5) is 5.69 Å². The van der Waals surface area contributed by atoms with Gasteiger partial charge in [-0.05, 0) is 43.2 Å². The fourth-order valence-electron chi connectivity index (χ4n) is 2.97. The molecule has 2 aromatic carbocycles. The number of amides is 3. The fraction of sp³-hybridized carbons (Fsp3) is 0.238. The van der Waals surface area contributed by atoms with Gasteiger partial charge in [-0.15, -0.1) is 0 Å². The van der Waals surface area contributed by atoms with Gasteiger partial charge in [-0.2, -0.15) is 0 Å². The van der Waals surface area contributed by atoms with Gasteiger partial charge in [0.05, 0.1) is 11.1 Å². The van der Waals surface area contributed by atoms with Crippen LogP contribution in [0.5, 0.6) is 0 Å². The van der Waals surface area contributed by atoms with Crippen LogP contribution in [0.1, 0.15) is 39.1 Å². The van der Waals surface area contributed by atoms with Crippen molar-refractivity contribution in [3.8, 4) is 0 Å². The monoisotopic (exact) mass is 414 g/mol. The molecule has 29 heavy (non-hydrogen) atoms. The first-order valence-electron chi connectivity index (χ1n) is 9.04. The molecule has 3 amide bonds. The van der Waals surface area contributed by atoms with Gasteiger partial charge in [-0.25, -0.2) is 0 Å². The normalized spacial score (nSPS) is 12.7. The molecule has 0 fully saturated rings. The number of carbonyl (C=O) groups excluding carboxylic acids is 4. The average Bonchev–Trinajstić information content (AvgIpc) is 2.95. The van der Waals surface area contributed by atoms with E-state index in [0.29, 0.717) is 21.8 Å². The lowest BCUT2D eigenvalue weighted by Crippen LogP contribution is -2.31. The van der Waals surface area contributed by atoms with E-state index in [9.17, 15) is 19.2 Å². The number of hydrogen-bond donors (Lipinski definition) is 1. The Hall–Kier alpha value is -3.19. The van der Waals surface area contributed by atoms with Gasteiger partial charge in [0.2, 0.25) is 0 Å². The number of halogens is 1. The maximum Gasteiger partial charge on any atom is 0.306 e. The molecule has 1 aliphatic heterocycles. The standard InChI is InChI=1S/C21H19ClN2O5/c1-13-16(22)8-4-9-17(13)23-18(25)12-29-19(26)10-5-11-24-20(27)14-6-2-3-7-15(14)21(24)28/h2-4,6-9H,5,10-12H2,1H3,(H,23,25). The summed E-state index contributed by atoms with van der Waals surface area (Å²) in [5.41, 5.74) is 2.00. The van der Waals surface area contributed by atoms with Crippen molar-refractivity contribution in [2.24, 2.45) is 0 Å². The summed E-state index contributed by atoms with van der Waals surface area (Å²) in [4.78, 5) is 49.4. The predicted molar refractivity (Wildman–Crippen MR) is 107 cm³/mol. The second-order valence-electron chi connectivity index (χ2n) is 6.53. The molecule has 0 aliphatic carbocycles. The molecule has 0 aromatic heterocycles. The maximum absolute atomic E-state index is 12.2. The molecule has 8 heteroatoms. The van der Waals surface area contributed by atoms with Crippen molar-refractivity contribution in [1.29, 1.82) is 0 Å². The Labute approximate surface area is 172 Å². The van der Waals surface area contributed by atoms with Crippen LogP contribution >= 0.6 is 11.6 Å². The van der Waals surface area contributed by atoms with E-state index in [2.05, 4.69) is 5.32 Å². The highest BCUT2D eigenvalue weighted by molar-refractivity contribution is 6.31. The van der Waals surface area contributed by atoms with Crippen LogP contribution in [0.3, 0.4) is 0 Å². The third-order valence-corrected chi connectivity index (χ3v) is 4.96. The number of rotatable bonds is 7. The van der Waals surface area contributed by atoms with E-state index in [1.165, 1.54) is 0 Å². The summed E-state index contributed by atoms with van der Waals surface area (Å²) in [5, 5.41) is 3.15. The van der Waals surface area contributed by atoms with E-state index < -0.39 is 18.5 Å². The number of carbonyl (C=O) groups is 4. The van der Waals surface area contributed by atoms with E-state index in [-0.39, 0.29) is 31.2 Å². The molecule has 0 saturated carbocycles. The van der Waals surface area contributed by atoms with Gasteiger partial charge < -0.3 is 10.1 Å². The smallest absolute Gasteiger partial charge is 0.306 e. The Kier molecular flexibility index (Phi) is 6.29. The number of nitrogens with one attached hydrogen (secondary N) is 1. The first-order chi connectivity index (χ1) is 13.9. The van der Waals surface area contributed by atoms with Gasteiger partial charge in [0.1, 0.15) is 0 Å². The van der Waals surface area contributed by atoms with Crippen molar-refractivity contribution < 1.29 is 23.9 Å². The second-order valence-corrected chi connectivity index (χ2v) is 6.94. The molecular weight excluding hydrogens is 396 g/mol. The van der Waals surface area contributed by atoms with Gasteiger partial charge in [0.15, 0.2) is 6.61 Å². The number of nitrogens with zero attached hydrogens (tertiary/aromatic N) is 1. The molecular formula is C21H19ClN2O5. The second kappa shape index (κ2) is 8.87. The van der Waals surface area contributed by atoms with Crippen LogP contribution in [0.25, 0.3) is 0 Å². The molecule has 0 radical (unpaired) electrons. The lowest BCUT2D eigenvalue weighted by molar-refractivity contribution is -0.147. The van der Waals surface area contributed by atoms with E-state index >= 15 is 0 Å². The van der Waals surface area contributed by atoms with Gasteiger partial charge >= 0.3 is 5.97 Å². The number of anilines is 1. The quantitative estimate of drug-likeness (QED) is 0.554. The first kappa shape index (κ1) is 20.5. The third kappa shape index (κ3) is 4.63. The van der Waals surface area contributed by atoms with Crippen molar-refractivity contribution in [2.45, 2.75) is 19.8 Å². The molecule has 3 rings (SSSR count). The molecule has 0 spiro atoms. The van der Waals surface area contributed by atoms with Crippen LogP contribution in [-0.2, 0) is 14.3 Å². The molecule has 0 saturated heterocycles. The zero-order valence-electron chi connectivity index (χ0n) is 15.7. The van der Waals surface area contributed by atoms with E-state index in [4.69, 9.17) is 16.3 Å². The van der Waals surface area contributed by atoms with Crippen molar-refractivity contribution in [3.05, 3.63) is 64.2 Å². The molecule has 150 valence electrons. The van der Waals surface area contributed by atoms with Crippen LogP contribution in [-0.4, -0.2) is 41.7 Å². The van der Waals surface area contributed by atoms with Crippen molar-refractivity contribution in [1.82, 2.24) is 4.90 Å². The van der Waals surface area contributed by atoms with Gasteiger partial charge in [0.25, 0.3) is 17.7 Å². The number of imide groups is 1. The van der Waals surface area contributed by atoms with Crippen LogP contribution in [0, 0.1) is 6.92 Å². The predicted octanol–water partition coefficient (Wildman–Crippen LogP) is 3.21. The minimum atomic E-state index is -0.584. The van der Waals surface area contributed by atoms with E-state index in [1.807, 2.05) is 0 Å². The van der Waals surface area contributed by atoms with Crippen molar-refractivity contribution >= 4 is 41.0 Å². The summed E-state index contributed by atoms with van der Waals surface area (Å²) < 4.78 is 4.95. The SMILES string of the molecule is Cc1c(Cl)cccc1NC(=O)COC(=O)CCCN1C(=O)c2ccccc2C1=O. The summed E-state index contributed by atoms with van der Waals surface area (Å²) in [5.74, 6) is -1.80. The number of hydrogen-bond acceptors (Lipinski definition) is 5. The molecule has 1 N–H and O–H groups in total. The Balaban J connectivity index is 1.42. The van der Waals surface area contributed by atoms with Gasteiger partial charge in [0, 0.05) is 23.7 Å².